The molecule has 1 aliphatic rings. The molecule has 1 aliphatic heterocycles. The molecule has 3 rings (SSSR count). The number of halogens is 1. The lowest BCUT2D eigenvalue weighted by Crippen LogP contribution is -2.42. The number of anilines is 1. The minimum absolute atomic E-state index is 0.0480. The summed E-state index contributed by atoms with van der Waals surface area (Å²) < 4.78 is 5.81. The number of amides is 2. The number of ether oxygens (including phenoxy) is 1. The molecular weight excluding hydrogens is 460 g/mol. The molecule has 1 aromatic carbocycles. The van der Waals surface area contributed by atoms with Crippen molar-refractivity contribution in [2.24, 2.45) is 0 Å². The van der Waals surface area contributed by atoms with Gasteiger partial charge >= 0.3 is 0 Å². The maximum atomic E-state index is 13.3. The summed E-state index contributed by atoms with van der Waals surface area (Å²) >= 11 is 8.14. The Morgan fingerprint density at radius 3 is 2.73 bits per heavy atom. The van der Waals surface area contributed by atoms with E-state index in [1.807, 2.05) is 48.7 Å². The van der Waals surface area contributed by atoms with Crippen LogP contribution in [0.25, 0.3) is 0 Å². The molecule has 0 atom stereocenters. The third-order valence-corrected chi connectivity index (χ3v) is 6.44. The molecule has 0 spiro atoms. The topological polar surface area (TPSA) is 74.8 Å². The predicted octanol–water partition coefficient (Wildman–Crippen LogP) is 4.04. The number of carbonyl (C=O) groups is 2. The van der Waals surface area contributed by atoms with E-state index in [2.05, 4.69) is 10.3 Å². The summed E-state index contributed by atoms with van der Waals surface area (Å²) in [5.41, 5.74) is 0.450. The fourth-order valence-corrected chi connectivity index (χ4v) is 4.66. The lowest BCUT2D eigenvalue weighted by atomic mass is 10.1. The SMILES string of the molecule is CC(C)N(CCC(=O)N1CCSCC1)C(=O)c1cc(Cl)cc(OCCNc2ccccn2)c1. The lowest BCUT2D eigenvalue weighted by molar-refractivity contribution is -0.131. The van der Waals surface area contributed by atoms with Gasteiger partial charge in [-0.25, -0.2) is 4.98 Å². The van der Waals surface area contributed by atoms with Crippen LogP contribution in [-0.2, 0) is 4.79 Å². The first kappa shape index (κ1) is 25.2. The van der Waals surface area contributed by atoms with Crippen molar-refractivity contribution in [3.63, 3.8) is 0 Å². The third-order valence-electron chi connectivity index (χ3n) is 5.27. The van der Waals surface area contributed by atoms with Gasteiger partial charge in [-0.15, -0.1) is 0 Å². The maximum Gasteiger partial charge on any atom is 0.254 e. The number of pyridine rings is 1. The Bertz CT molecular complexity index is 923. The fraction of sp³-hybridized carbons (Fsp3) is 0.458. The monoisotopic (exact) mass is 490 g/mol. The van der Waals surface area contributed by atoms with Crippen LogP contribution in [0.5, 0.6) is 5.75 Å². The van der Waals surface area contributed by atoms with Crippen molar-refractivity contribution in [1.82, 2.24) is 14.8 Å². The van der Waals surface area contributed by atoms with Crippen LogP contribution >= 0.6 is 23.4 Å². The van der Waals surface area contributed by atoms with Gasteiger partial charge in [-0.05, 0) is 44.2 Å². The Kier molecular flexibility index (Phi) is 9.69. The normalized spacial score (nSPS) is 13.6. The van der Waals surface area contributed by atoms with E-state index >= 15 is 0 Å². The molecule has 2 aromatic rings. The lowest BCUT2D eigenvalue weighted by Gasteiger charge is -2.30. The minimum Gasteiger partial charge on any atom is -0.492 e. The van der Waals surface area contributed by atoms with Gasteiger partial charge in [-0.3, -0.25) is 9.59 Å². The molecule has 0 aliphatic carbocycles. The number of nitrogens with one attached hydrogen (secondary N) is 1. The molecule has 0 bridgehead atoms. The van der Waals surface area contributed by atoms with E-state index in [4.69, 9.17) is 16.3 Å². The highest BCUT2D eigenvalue weighted by atomic mass is 35.5. The van der Waals surface area contributed by atoms with Crippen LogP contribution in [0.3, 0.4) is 0 Å². The molecule has 178 valence electrons. The van der Waals surface area contributed by atoms with Gasteiger partial charge < -0.3 is 19.9 Å². The first-order chi connectivity index (χ1) is 15.9. The molecule has 2 amide bonds. The molecule has 1 fully saturated rings. The van der Waals surface area contributed by atoms with Gasteiger partial charge in [0.2, 0.25) is 5.91 Å². The van der Waals surface area contributed by atoms with Crippen molar-refractivity contribution < 1.29 is 14.3 Å². The zero-order chi connectivity index (χ0) is 23.6. The Morgan fingerprint density at radius 2 is 2.03 bits per heavy atom. The van der Waals surface area contributed by atoms with Gasteiger partial charge in [0.25, 0.3) is 5.91 Å². The second-order valence-corrected chi connectivity index (χ2v) is 9.66. The van der Waals surface area contributed by atoms with Crippen molar-refractivity contribution >= 4 is 41.0 Å². The van der Waals surface area contributed by atoms with Crippen LogP contribution in [0.1, 0.15) is 30.6 Å². The van der Waals surface area contributed by atoms with E-state index < -0.39 is 0 Å². The van der Waals surface area contributed by atoms with Crippen molar-refractivity contribution in [3.05, 3.63) is 53.2 Å². The highest BCUT2D eigenvalue weighted by Crippen LogP contribution is 2.23. The van der Waals surface area contributed by atoms with E-state index in [1.165, 1.54) is 0 Å². The maximum absolute atomic E-state index is 13.3. The van der Waals surface area contributed by atoms with E-state index in [0.717, 1.165) is 30.4 Å². The van der Waals surface area contributed by atoms with Crippen molar-refractivity contribution in [2.75, 3.05) is 49.6 Å². The van der Waals surface area contributed by atoms with Gasteiger partial charge in [-0.1, -0.05) is 17.7 Å². The zero-order valence-electron chi connectivity index (χ0n) is 19.1. The van der Waals surface area contributed by atoms with Gasteiger partial charge in [0.05, 0.1) is 6.54 Å². The molecule has 1 aromatic heterocycles. The van der Waals surface area contributed by atoms with E-state index in [-0.39, 0.29) is 17.9 Å². The highest BCUT2D eigenvalue weighted by molar-refractivity contribution is 7.99. The van der Waals surface area contributed by atoms with Crippen molar-refractivity contribution in [2.45, 2.75) is 26.3 Å². The van der Waals surface area contributed by atoms with Gasteiger partial charge in [0.1, 0.15) is 18.2 Å². The number of rotatable bonds is 10. The molecular formula is C24H31ClN4O3S. The Hall–Kier alpha value is -2.45. The standard InChI is InChI=1S/C24H31ClN4O3S/c1-18(2)29(9-6-23(30)28-10-13-33-14-11-28)24(31)19-15-20(25)17-21(16-19)32-12-8-27-22-5-3-4-7-26-22/h3-5,7,15-18H,6,8-14H2,1-2H3,(H,26,27). The summed E-state index contributed by atoms with van der Waals surface area (Å²) in [4.78, 5) is 33.6. The average Bonchev–Trinajstić information content (AvgIpc) is 2.82. The second-order valence-electron chi connectivity index (χ2n) is 8.00. The molecule has 1 saturated heterocycles. The number of aromatic nitrogens is 1. The number of hydrogen-bond acceptors (Lipinski definition) is 6. The van der Waals surface area contributed by atoms with E-state index in [1.54, 1.807) is 29.3 Å². The van der Waals surface area contributed by atoms with Crippen LogP contribution in [-0.4, -0.2) is 76.9 Å². The summed E-state index contributed by atoms with van der Waals surface area (Å²) in [6, 6.07) is 10.6. The summed E-state index contributed by atoms with van der Waals surface area (Å²) in [5, 5.41) is 3.60. The number of thioether (sulfide) groups is 1. The first-order valence-corrected chi connectivity index (χ1v) is 12.7. The smallest absolute Gasteiger partial charge is 0.254 e. The summed E-state index contributed by atoms with van der Waals surface area (Å²) in [7, 11) is 0. The minimum atomic E-state index is -0.161. The van der Waals surface area contributed by atoms with Gasteiger partial charge in [0.15, 0.2) is 0 Å². The van der Waals surface area contributed by atoms with Crippen molar-refractivity contribution in [1.29, 1.82) is 0 Å². The van der Waals surface area contributed by atoms with Crippen LogP contribution < -0.4 is 10.1 Å². The van der Waals surface area contributed by atoms with E-state index in [0.29, 0.717) is 42.5 Å². The number of carbonyl (C=O) groups excluding carboxylic acids is 2. The molecule has 33 heavy (non-hydrogen) atoms. The molecule has 9 heteroatoms. The molecule has 0 saturated carbocycles. The third kappa shape index (κ3) is 7.82. The van der Waals surface area contributed by atoms with Gasteiger partial charge in [-0.2, -0.15) is 11.8 Å². The highest BCUT2D eigenvalue weighted by Gasteiger charge is 2.23. The number of hydrogen-bond donors (Lipinski definition) is 1. The molecule has 7 nitrogen and oxygen atoms in total. The molecule has 0 unspecified atom stereocenters. The van der Waals surface area contributed by atoms with Crippen LogP contribution in [0, 0.1) is 0 Å². The quantitative estimate of drug-likeness (QED) is 0.506. The molecule has 2 heterocycles. The summed E-state index contributed by atoms with van der Waals surface area (Å²) in [5.74, 6) is 3.19. The Morgan fingerprint density at radius 1 is 1.24 bits per heavy atom. The van der Waals surface area contributed by atoms with Crippen LogP contribution in [0.2, 0.25) is 5.02 Å². The van der Waals surface area contributed by atoms with Gasteiger partial charge in [0, 0.05) is 60.4 Å². The van der Waals surface area contributed by atoms with Crippen LogP contribution in [0.15, 0.2) is 42.6 Å². The predicted molar refractivity (Wildman–Crippen MR) is 134 cm³/mol. The van der Waals surface area contributed by atoms with Crippen molar-refractivity contribution in [3.8, 4) is 5.75 Å². The largest absolute Gasteiger partial charge is 0.492 e. The summed E-state index contributed by atoms with van der Waals surface area (Å²) in [6.45, 7) is 6.78. The Balaban J connectivity index is 1.57. The molecule has 1 N–H and O–H groups in total. The first-order valence-electron chi connectivity index (χ1n) is 11.2. The average molecular weight is 491 g/mol. The summed E-state index contributed by atoms with van der Waals surface area (Å²) in [6.07, 6.45) is 2.04. The van der Waals surface area contributed by atoms with Crippen LogP contribution in [0.4, 0.5) is 5.82 Å². The molecule has 0 radical (unpaired) electrons. The van der Waals surface area contributed by atoms with E-state index in [9.17, 15) is 9.59 Å². The number of nitrogens with zero attached hydrogens (tertiary/aromatic N) is 3. The zero-order valence-corrected chi connectivity index (χ0v) is 20.7. The second kappa shape index (κ2) is 12.7. The number of benzene rings is 1. The Labute approximate surface area is 204 Å². The fourth-order valence-electron chi connectivity index (χ4n) is 3.53.